The Morgan fingerprint density at radius 3 is 2.35 bits per heavy atom. The van der Waals surface area contributed by atoms with Gasteiger partial charge in [-0.05, 0) is 76.6 Å². The van der Waals surface area contributed by atoms with Crippen LogP contribution in [0, 0.1) is 5.92 Å². The maximum Gasteiger partial charge on any atom is 0.407 e. The maximum absolute atomic E-state index is 13.7. The van der Waals surface area contributed by atoms with Crippen molar-refractivity contribution in [1.82, 2.24) is 10.2 Å². The van der Waals surface area contributed by atoms with Gasteiger partial charge in [-0.2, -0.15) is 0 Å². The van der Waals surface area contributed by atoms with Gasteiger partial charge < -0.3 is 19.7 Å². The smallest absolute Gasteiger partial charge is 0.407 e. The summed E-state index contributed by atoms with van der Waals surface area (Å²) < 4.78 is 10.6. The van der Waals surface area contributed by atoms with Gasteiger partial charge in [0.2, 0.25) is 5.91 Å². The minimum absolute atomic E-state index is 0.00350. The fourth-order valence-corrected chi connectivity index (χ4v) is 4.70. The lowest BCUT2D eigenvalue weighted by Gasteiger charge is -2.31. The molecule has 184 valence electrons. The Bertz CT molecular complexity index is 964. The number of alkyl carbamates (subject to hydrolysis) is 1. The largest absolute Gasteiger partial charge is 0.497 e. The fourth-order valence-electron chi connectivity index (χ4n) is 4.70. The van der Waals surface area contributed by atoms with Gasteiger partial charge in [0.15, 0.2) is 0 Å². The van der Waals surface area contributed by atoms with E-state index in [0.717, 1.165) is 23.3 Å². The number of carbonyl (C=O) groups is 2. The van der Waals surface area contributed by atoms with E-state index in [1.165, 1.54) is 0 Å². The van der Waals surface area contributed by atoms with Crippen molar-refractivity contribution in [2.75, 3.05) is 13.7 Å². The van der Waals surface area contributed by atoms with E-state index < -0.39 is 11.7 Å². The number of hydrogen-bond donors (Lipinski definition) is 1. The van der Waals surface area contributed by atoms with Gasteiger partial charge in [-0.3, -0.25) is 4.79 Å². The van der Waals surface area contributed by atoms with Crippen molar-refractivity contribution >= 4 is 12.0 Å². The predicted molar refractivity (Wildman–Crippen MR) is 134 cm³/mol. The van der Waals surface area contributed by atoms with Crippen LogP contribution in [-0.2, 0) is 16.1 Å². The normalized spacial score (nSPS) is 18.5. The molecule has 6 heteroatoms. The first-order valence-corrected chi connectivity index (χ1v) is 12.0. The van der Waals surface area contributed by atoms with E-state index in [0.29, 0.717) is 19.5 Å². The molecule has 1 aliphatic heterocycles. The molecule has 2 aromatic carbocycles. The summed E-state index contributed by atoms with van der Waals surface area (Å²) in [6.07, 6.45) is 0.985. The Morgan fingerprint density at radius 2 is 1.76 bits per heavy atom. The van der Waals surface area contributed by atoms with Crippen LogP contribution in [-0.4, -0.2) is 41.7 Å². The van der Waals surface area contributed by atoms with Gasteiger partial charge in [0.05, 0.1) is 7.11 Å². The van der Waals surface area contributed by atoms with E-state index in [1.807, 2.05) is 68.1 Å². The lowest BCUT2D eigenvalue weighted by Crippen LogP contribution is -2.40. The molecule has 2 atom stereocenters. The maximum atomic E-state index is 13.7. The van der Waals surface area contributed by atoms with Crippen LogP contribution in [0.4, 0.5) is 4.79 Å². The molecule has 0 unspecified atom stereocenters. The highest BCUT2D eigenvalue weighted by atomic mass is 16.6. The molecule has 1 aliphatic rings. The van der Waals surface area contributed by atoms with Crippen LogP contribution in [0.1, 0.15) is 64.5 Å². The summed E-state index contributed by atoms with van der Waals surface area (Å²) in [6, 6.07) is 18.0. The zero-order valence-electron chi connectivity index (χ0n) is 21.3. The van der Waals surface area contributed by atoms with Crippen LogP contribution in [0.3, 0.4) is 0 Å². The minimum Gasteiger partial charge on any atom is -0.497 e. The van der Waals surface area contributed by atoms with Crippen molar-refractivity contribution in [3.8, 4) is 5.75 Å². The minimum atomic E-state index is -0.545. The highest BCUT2D eigenvalue weighted by molar-refractivity contribution is 5.83. The second kappa shape index (κ2) is 10.5. The molecule has 1 heterocycles. The lowest BCUT2D eigenvalue weighted by molar-refractivity contribution is -0.134. The SMILES string of the molecule is COc1ccc(CN2C(=O)[C@H]([C@H](CCNC(=O)OC(C)(C)C)c3ccccc3)CC2(C)C)cc1. The molecule has 34 heavy (non-hydrogen) atoms. The molecule has 3 rings (SSSR count). The van der Waals surface area contributed by atoms with Gasteiger partial charge in [0, 0.05) is 24.5 Å². The molecule has 1 fully saturated rings. The standard InChI is InChI=1S/C28H38N2O4/c1-27(2,3)34-26(32)29-17-16-23(21-10-8-7-9-11-21)24-18-28(4,5)30(25(24)31)19-20-12-14-22(33-6)15-13-20/h7-15,23-24H,16-19H2,1-6H3,(H,29,32)/t23-,24+/m1/s1. The fraction of sp³-hybridized carbons (Fsp3) is 0.500. The topological polar surface area (TPSA) is 67.9 Å². The molecule has 0 spiro atoms. The highest BCUT2D eigenvalue weighted by Gasteiger charge is 2.47. The molecule has 1 saturated heterocycles. The summed E-state index contributed by atoms with van der Waals surface area (Å²) in [7, 11) is 1.65. The van der Waals surface area contributed by atoms with Crippen LogP contribution >= 0.6 is 0 Å². The summed E-state index contributed by atoms with van der Waals surface area (Å²) in [5.41, 5.74) is 1.38. The van der Waals surface area contributed by atoms with E-state index in [9.17, 15) is 9.59 Å². The number of benzene rings is 2. The van der Waals surface area contributed by atoms with E-state index in [4.69, 9.17) is 9.47 Å². The number of likely N-dealkylation sites (tertiary alicyclic amines) is 1. The summed E-state index contributed by atoms with van der Waals surface area (Å²) in [6.45, 7) is 10.8. The molecule has 1 N–H and O–H groups in total. The van der Waals surface area contributed by atoms with Crippen LogP contribution in [0.15, 0.2) is 54.6 Å². The van der Waals surface area contributed by atoms with Crippen molar-refractivity contribution in [1.29, 1.82) is 0 Å². The Labute approximate surface area is 203 Å². The van der Waals surface area contributed by atoms with Crippen LogP contribution in [0.2, 0.25) is 0 Å². The van der Waals surface area contributed by atoms with E-state index in [-0.39, 0.29) is 23.3 Å². The van der Waals surface area contributed by atoms with Gasteiger partial charge in [-0.1, -0.05) is 42.5 Å². The summed E-state index contributed by atoms with van der Waals surface area (Å²) in [5, 5.41) is 2.86. The third-order valence-electron chi connectivity index (χ3n) is 6.37. The van der Waals surface area contributed by atoms with Gasteiger partial charge in [-0.15, -0.1) is 0 Å². The predicted octanol–water partition coefficient (Wildman–Crippen LogP) is 5.52. The number of methoxy groups -OCH3 is 1. The van der Waals surface area contributed by atoms with Gasteiger partial charge >= 0.3 is 6.09 Å². The number of nitrogens with one attached hydrogen (secondary N) is 1. The molecule has 6 nitrogen and oxygen atoms in total. The Hall–Kier alpha value is -3.02. The quantitative estimate of drug-likeness (QED) is 0.556. The van der Waals surface area contributed by atoms with Crippen molar-refractivity contribution in [2.24, 2.45) is 5.92 Å². The molecule has 2 amide bonds. The number of ether oxygens (including phenoxy) is 2. The second-order valence-electron chi connectivity index (χ2n) is 10.6. The second-order valence-corrected chi connectivity index (χ2v) is 10.6. The Kier molecular flexibility index (Phi) is 7.90. The number of nitrogens with zero attached hydrogens (tertiary/aromatic N) is 1. The van der Waals surface area contributed by atoms with Crippen LogP contribution in [0.25, 0.3) is 0 Å². The van der Waals surface area contributed by atoms with Gasteiger partial charge in [-0.25, -0.2) is 4.79 Å². The summed E-state index contributed by atoms with van der Waals surface area (Å²) >= 11 is 0. The van der Waals surface area contributed by atoms with E-state index in [1.54, 1.807) is 7.11 Å². The molecule has 0 radical (unpaired) electrons. The van der Waals surface area contributed by atoms with Crippen molar-refractivity contribution in [3.05, 3.63) is 65.7 Å². The number of amides is 2. The molecular weight excluding hydrogens is 428 g/mol. The van der Waals surface area contributed by atoms with E-state index in [2.05, 4.69) is 31.3 Å². The van der Waals surface area contributed by atoms with Crippen molar-refractivity contribution in [3.63, 3.8) is 0 Å². The molecule has 0 aliphatic carbocycles. The highest BCUT2D eigenvalue weighted by Crippen LogP contribution is 2.43. The molecular formula is C28H38N2O4. The number of rotatable bonds is 8. The third-order valence-corrected chi connectivity index (χ3v) is 6.37. The third kappa shape index (κ3) is 6.52. The molecule has 0 bridgehead atoms. The average Bonchev–Trinajstić information content (AvgIpc) is 3.00. The van der Waals surface area contributed by atoms with Crippen LogP contribution in [0.5, 0.6) is 5.75 Å². The first kappa shape index (κ1) is 25.6. The Balaban J connectivity index is 1.76. The van der Waals surface area contributed by atoms with Crippen molar-refractivity contribution < 1.29 is 19.1 Å². The van der Waals surface area contributed by atoms with Gasteiger partial charge in [0.25, 0.3) is 0 Å². The first-order valence-electron chi connectivity index (χ1n) is 12.0. The molecule has 2 aromatic rings. The molecule has 0 saturated carbocycles. The molecule has 0 aromatic heterocycles. The van der Waals surface area contributed by atoms with Crippen molar-refractivity contribution in [2.45, 2.75) is 71.1 Å². The van der Waals surface area contributed by atoms with E-state index >= 15 is 0 Å². The average molecular weight is 467 g/mol. The van der Waals surface area contributed by atoms with Crippen LogP contribution < -0.4 is 10.1 Å². The lowest BCUT2D eigenvalue weighted by atomic mass is 9.80. The monoisotopic (exact) mass is 466 g/mol. The zero-order chi connectivity index (χ0) is 24.9. The summed E-state index contributed by atoms with van der Waals surface area (Å²) in [4.78, 5) is 27.9. The first-order chi connectivity index (χ1) is 16.0. The Morgan fingerprint density at radius 1 is 1.12 bits per heavy atom. The number of hydrogen-bond acceptors (Lipinski definition) is 4. The zero-order valence-corrected chi connectivity index (χ0v) is 21.3. The summed E-state index contributed by atoms with van der Waals surface area (Å²) in [5.74, 6) is 0.807. The number of carbonyl (C=O) groups excluding carboxylic acids is 2. The van der Waals surface area contributed by atoms with Gasteiger partial charge in [0.1, 0.15) is 11.4 Å².